The zero-order valence-corrected chi connectivity index (χ0v) is 27.2. The summed E-state index contributed by atoms with van der Waals surface area (Å²) in [5, 5.41) is 9.97. The minimum absolute atomic E-state index is 0. The van der Waals surface area contributed by atoms with Gasteiger partial charge in [0.25, 0.3) is 0 Å². The molecular formula is C33H38BrClN5OP. The third-order valence-electron chi connectivity index (χ3n) is 7.56. The SMILES string of the molecule is C[N+](C)=C1NC(N)=NC(c2ccc(OCCCCP(Cl)(c3ccccc3)(c3ccccc3)c3ccccc3)cc2)N1.[Br-]. The second-order valence-corrected chi connectivity index (χ2v) is 17.1. The van der Waals surface area contributed by atoms with E-state index in [9.17, 15) is 0 Å². The predicted molar refractivity (Wildman–Crippen MR) is 175 cm³/mol. The predicted octanol–water partition coefficient (Wildman–Crippen LogP) is 1.67. The van der Waals surface area contributed by atoms with Crippen LogP contribution in [0.5, 0.6) is 5.75 Å². The van der Waals surface area contributed by atoms with Gasteiger partial charge in [0, 0.05) is 0 Å². The van der Waals surface area contributed by atoms with E-state index >= 15 is 0 Å². The van der Waals surface area contributed by atoms with Gasteiger partial charge in [-0.2, -0.15) is 0 Å². The molecule has 0 saturated carbocycles. The molecule has 1 aliphatic heterocycles. The van der Waals surface area contributed by atoms with Gasteiger partial charge in [-0.05, 0) is 0 Å². The smallest absolute Gasteiger partial charge is 1.00 e. The monoisotopic (exact) mass is 665 g/mol. The van der Waals surface area contributed by atoms with Crippen molar-refractivity contribution in [3.05, 3.63) is 121 Å². The summed E-state index contributed by atoms with van der Waals surface area (Å²) in [6, 6.07) is 39.9. The summed E-state index contributed by atoms with van der Waals surface area (Å²) in [6.07, 6.45) is 2.40. The first-order valence-corrected chi connectivity index (χ1v) is 17.2. The van der Waals surface area contributed by atoms with Crippen molar-refractivity contribution in [2.45, 2.75) is 19.0 Å². The fourth-order valence-corrected chi connectivity index (χ4v) is 11.6. The van der Waals surface area contributed by atoms with Crippen LogP contribution in [0, 0.1) is 0 Å². The maximum atomic E-state index is 8.16. The first kappa shape index (κ1) is 31.6. The molecule has 4 N–H and O–H groups in total. The molecule has 5 rings (SSSR count). The van der Waals surface area contributed by atoms with E-state index in [0.29, 0.717) is 12.6 Å². The number of benzene rings is 4. The molecule has 1 atom stereocenters. The van der Waals surface area contributed by atoms with Gasteiger partial charge >= 0.3 is 218 Å². The Balaban J connectivity index is 0.00000405. The molecule has 4 aromatic rings. The molecule has 1 unspecified atom stereocenters. The van der Waals surface area contributed by atoms with E-state index < -0.39 is 5.96 Å². The van der Waals surface area contributed by atoms with Gasteiger partial charge < -0.3 is 22.7 Å². The average molecular weight is 667 g/mol. The van der Waals surface area contributed by atoms with Crippen LogP contribution in [0.15, 0.2) is 120 Å². The van der Waals surface area contributed by atoms with Crippen LogP contribution in [0.25, 0.3) is 0 Å². The molecule has 4 aromatic carbocycles. The first-order valence-electron chi connectivity index (χ1n) is 13.9. The molecule has 220 valence electrons. The van der Waals surface area contributed by atoms with Crippen LogP contribution in [-0.2, 0) is 0 Å². The van der Waals surface area contributed by atoms with E-state index in [1.807, 2.05) is 42.9 Å². The number of aliphatic imine (C=N–C) groups is 1. The number of rotatable bonds is 10. The van der Waals surface area contributed by atoms with Crippen molar-refractivity contribution >= 4 is 45.0 Å². The van der Waals surface area contributed by atoms with Gasteiger partial charge in [-0.3, -0.25) is 4.58 Å². The number of halogens is 2. The number of nitrogens with two attached hydrogens (primary N) is 1. The Morgan fingerprint density at radius 2 is 1.29 bits per heavy atom. The zero-order valence-electron chi connectivity index (χ0n) is 24.0. The topological polar surface area (TPSA) is 74.7 Å². The number of nitrogens with zero attached hydrogens (tertiary/aromatic N) is 2. The fraction of sp³-hybridized carbons (Fsp3) is 0.212. The second-order valence-electron chi connectivity index (χ2n) is 10.5. The third kappa shape index (κ3) is 6.49. The van der Waals surface area contributed by atoms with Gasteiger partial charge in [0.15, 0.2) is 0 Å². The summed E-state index contributed by atoms with van der Waals surface area (Å²) in [7, 11) is 3.89. The maximum Gasteiger partial charge on any atom is -1.00 e. The largest absolute Gasteiger partial charge is 1.00 e. The normalized spacial score (nSPS) is 15.6. The fourth-order valence-electron chi connectivity index (χ4n) is 5.39. The second kappa shape index (κ2) is 13.7. The number of nitrogens with one attached hydrogen (secondary N) is 2. The summed E-state index contributed by atoms with van der Waals surface area (Å²) >= 11 is 8.16. The number of guanidine groups is 2. The first-order chi connectivity index (χ1) is 19.9. The van der Waals surface area contributed by atoms with E-state index in [4.69, 9.17) is 21.7 Å². The van der Waals surface area contributed by atoms with Gasteiger partial charge in [0.05, 0.1) is 14.1 Å². The Labute approximate surface area is 264 Å². The van der Waals surface area contributed by atoms with Gasteiger partial charge in [0.1, 0.15) is 0 Å². The molecule has 0 radical (unpaired) electrons. The quantitative estimate of drug-likeness (QED) is 0.137. The van der Waals surface area contributed by atoms with E-state index in [0.717, 1.165) is 36.3 Å². The molecule has 9 heteroatoms. The molecule has 0 bridgehead atoms. The Morgan fingerprint density at radius 3 is 1.76 bits per heavy atom. The Bertz CT molecular complexity index is 1420. The molecular weight excluding hydrogens is 629 g/mol. The Hall–Kier alpha value is -3.38. The van der Waals surface area contributed by atoms with E-state index in [2.05, 4.69) is 107 Å². The molecule has 1 heterocycles. The van der Waals surface area contributed by atoms with Crippen molar-refractivity contribution in [3.8, 4) is 5.75 Å². The molecule has 1 aliphatic rings. The Morgan fingerprint density at radius 1 is 0.786 bits per heavy atom. The van der Waals surface area contributed by atoms with Crippen molar-refractivity contribution in [1.82, 2.24) is 10.6 Å². The summed E-state index contributed by atoms with van der Waals surface area (Å²) in [5.74, 6) is -1.22. The van der Waals surface area contributed by atoms with Gasteiger partial charge in [0.2, 0.25) is 0 Å². The van der Waals surface area contributed by atoms with Crippen molar-refractivity contribution in [3.63, 3.8) is 0 Å². The minimum Gasteiger partial charge on any atom is -1.00 e. The van der Waals surface area contributed by atoms with E-state index in [1.54, 1.807) is 0 Å². The molecule has 0 spiro atoms. The number of ether oxygens (including phenoxy) is 1. The molecule has 42 heavy (non-hydrogen) atoms. The van der Waals surface area contributed by atoms with Crippen LogP contribution in [0.2, 0.25) is 0 Å². The molecule has 0 aromatic heterocycles. The van der Waals surface area contributed by atoms with Crippen molar-refractivity contribution in [1.29, 1.82) is 0 Å². The van der Waals surface area contributed by atoms with Crippen LogP contribution >= 0.6 is 17.2 Å². The van der Waals surface area contributed by atoms with Crippen LogP contribution in [-0.4, -0.2) is 43.4 Å². The van der Waals surface area contributed by atoms with Crippen LogP contribution < -0.4 is 54.0 Å². The van der Waals surface area contributed by atoms with Crippen LogP contribution in [0.3, 0.4) is 0 Å². The average Bonchev–Trinajstić information content (AvgIpc) is 3.02. The number of hydrogen-bond acceptors (Lipinski definition) is 3. The summed E-state index contributed by atoms with van der Waals surface area (Å²) in [4.78, 5) is 4.48. The summed E-state index contributed by atoms with van der Waals surface area (Å²) in [5.41, 5.74) is 6.99. The standard InChI is InChI=1S/C33H37ClN5OP.BrH/c1-39(2)33-37-31(36-32(35)38-33)26-20-22-27(23-21-26)40-24-12-13-25-41(34,28-14-6-3-7-15-28,29-16-8-4-9-17-29)30-18-10-5-11-19-30;/h3-11,14-23,31H,12-13,24-25H2,1-2H3,(H3,35,36,37,38);1H. The van der Waals surface area contributed by atoms with E-state index in [-0.39, 0.29) is 23.1 Å². The molecule has 0 saturated heterocycles. The van der Waals surface area contributed by atoms with Gasteiger partial charge in [-0.1, -0.05) is 0 Å². The van der Waals surface area contributed by atoms with Crippen molar-refractivity contribution < 1.29 is 26.3 Å². The molecule has 0 aliphatic carbocycles. The third-order valence-corrected chi connectivity index (χ3v) is 15.1. The maximum absolute atomic E-state index is 8.16. The molecule has 6 nitrogen and oxygen atoms in total. The molecule has 0 amide bonds. The minimum atomic E-state index is -3.24. The van der Waals surface area contributed by atoms with Crippen molar-refractivity contribution in [2.75, 3.05) is 26.9 Å². The zero-order chi connectivity index (χ0) is 28.7. The van der Waals surface area contributed by atoms with Crippen molar-refractivity contribution in [2.24, 2.45) is 10.7 Å². The summed E-state index contributed by atoms with van der Waals surface area (Å²) in [6.45, 7) is 0.607. The van der Waals surface area contributed by atoms with Gasteiger partial charge in [-0.15, -0.1) is 0 Å². The molecule has 0 fully saturated rings. The Kier molecular flexibility index (Phi) is 10.3. The van der Waals surface area contributed by atoms with Crippen LogP contribution in [0.1, 0.15) is 24.6 Å². The van der Waals surface area contributed by atoms with E-state index in [1.165, 1.54) is 15.9 Å². The van der Waals surface area contributed by atoms with Crippen LogP contribution in [0.4, 0.5) is 0 Å². The summed E-state index contributed by atoms with van der Waals surface area (Å²) < 4.78 is 8.09. The van der Waals surface area contributed by atoms with Gasteiger partial charge in [-0.25, -0.2) is 5.32 Å². The number of unbranched alkanes of at least 4 members (excludes halogenated alkanes) is 1. The number of hydrogen-bond donors (Lipinski definition) is 3.